The van der Waals surface area contributed by atoms with Crippen LogP contribution >= 0.6 is 0 Å². The summed E-state index contributed by atoms with van der Waals surface area (Å²) >= 11 is 0. The Morgan fingerprint density at radius 1 is 1.28 bits per heavy atom. The van der Waals surface area contributed by atoms with Crippen molar-refractivity contribution in [3.63, 3.8) is 0 Å². The van der Waals surface area contributed by atoms with Crippen molar-refractivity contribution in [2.45, 2.75) is 33.7 Å². The maximum absolute atomic E-state index is 13.1. The van der Waals surface area contributed by atoms with Crippen molar-refractivity contribution >= 4 is 5.78 Å². The second-order valence-electron chi connectivity index (χ2n) is 7.17. The summed E-state index contributed by atoms with van der Waals surface area (Å²) in [5.74, 6) is 0.109. The largest absolute Gasteiger partial charge is 0.494 e. The fourth-order valence-corrected chi connectivity index (χ4v) is 2.91. The Balaban J connectivity index is 2.44. The lowest BCUT2D eigenvalue weighted by Gasteiger charge is -2.15. The van der Waals surface area contributed by atoms with E-state index in [0.29, 0.717) is 36.9 Å². The maximum atomic E-state index is 13.1. The molecule has 0 fully saturated rings. The first-order chi connectivity index (χ1) is 13.8. The molecule has 1 aromatic carbocycles. The van der Waals surface area contributed by atoms with Gasteiger partial charge >= 0.3 is 0 Å². The number of ether oxygens (including phenoxy) is 2. The number of ketones is 1. The Morgan fingerprint density at radius 2 is 1.93 bits per heavy atom. The molecule has 0 aliphatic rings. The van der Waals surface area contributed by atoms with Crippen LogP contribution in [0.4, 0.5) is 0 Å². The molecule has 1 aromatic heterocycles. The van der Waals surface area contributed by atoms with E-state index in [-0.39, 0.29) is 23.2 Å². The molecule has 154 valence electrons. The number of nitriles is 1. The van der Waals surface area contributed by atoms with E-state index in [1.165, 1.54) is 14.0 Å². The first-order valence-electron chi connectivity index (χ1n) is 9.44. The third kappa shape index (κ3) is 5.04. The minimum absolute atomic E-state index is 0.0468. The number of aromatic hydroxyl groups is 1. The second-order valence-corrected chi connectivity index (χ2v) is 7.17. The molecule has 1 heterocycles. The van der Waals surface area contributed by atoms with Gasteiger partial charge in [-0.3, -0.25) is 14.2 Å². The zero-order chi connectivity index (χ0) is 21.6. The summed E-state index contributed by atoms with van der Waals surface area (Å²) in [6.45, 7) is 6.64. The van der Waals surface area contributed by atoms with Crippen LogP contribution in [0.2, 0.25) is 0 Å². The van der Waals surface area contributed by atoms with Crippen molar-refractivity contribution in [1.29, 1.82) is 5.26 Å². The summed E-state index contributed by atoms with van der Waals surface area (Å²) in [7, 11) is 1.53. The number of carbonyl (C=O) groups is 1. The molecule has 0 unspecified atom stereocenters. The van der Waals surface area contributed by atoms with E-state index in [1.807, 2.05) is 19.9 Å². The van der Waals surface area contributed by atoms with Gasteiger partial charge in [0.1, 0.15) is 17.4 Å². The van der Waals surface area contributed by atoms with Crippen molar-refractivity contribution in [3.05, 3.63) is 56.9 Å². The van der Waals surface area contributed by atoms with Gasteiger partial charge in [0.05, 0.1) is 12.2 Å². The average Bonchev–Trinajstić information content (AvgIpc) is 2.69. The number of hydrogen-bond donors (Lipinski definition) is 1. The summed E-state index contributed by atoms with van der Waals surface area (Å²) < 4.78 is 11.6. The second kappa shape index (κ2) is 9.89. The van der Waals surface area contributed by atoms with E-state index in [0.717, 1.165) is 4.57 Å². The number of methoxy groups -OCH3 is 1. The van der Waals surface area contributed by atoms with Gasteiger partial charge in [-0.15, -0.1) is 0 Å². The zero-order valence-corrected chi connectivity index (χ0v) is 17.2. The molecule has 0 saturated carbocycles. The number of aromatic nitrogens is 1. The predicted octanol–water partition coefficient (Wildman–Crippen LogP) is 3.04. The van der Waals surface area contributed by atoms with Crippen LogP contribution in [-0.4, -0.2) is 35.8 Å². The molecule has 0 amide bonds. The number of benzene rings is 1. The molecule has 0 saturated heterocycles. The van der Waals surface area contributed by atoms with Gasteiger partial charge in [-0.1, -0.05) is 13.8 Å². The Labute approximate surface area is 170 Å². The predicted molar refractivity (Wildman–Crippen MR) is 109 cm³/mol. The first kappa shape index (κ1) is 22.2. The molecular formula is C22H26N2O5. The molecule has 0 aliphatic heterocycles. The Bertz CT molecular complexity index is 969. The molecule has 1 N–H and O–H groups in total. The molecule has 0 bridgehead atoms. The van der Waals surface area contributed by atoms with Crippen LogP contribution in [0.15, 0.2) is 29.1 Å². The van der Waals surface area contributed by atoms with Crippen molar-refractivity contribution in [3.8, 4) is 17.7 Å². The zero-order valence-electron chi connectivity index (χ0n) is 17.2. The lowest BCUT2D eigenvalue weighted by Crippen LogP contribution is -2.27. The van der Waals surface area contributed by atoms with Crippen LogP contribution < -0.4 is 10.3 Å². The number of carbonyl (C=O) groups excluding carboxylic acids is 1. The molecule has 7 nitrogen and oxygen atoms in total. The van der Waals surface area contributed by atoms with Gasteiger partial charge in [0.2, 0.25) is 5.88 Å². The Kier molecular flexibility index (Phi) is 7.57. The highest BCUT2D eigenvalue weighted by Crippen LogP contribution is 2.26. The smallest absolute Gasteiger partial charge is 0.271 e. The number of rotatable bonds is 9. The SMILES string of the molecule is COCCCn1c(O)c(C(=O)c2ccc(OCC(C)C)cc2)c(C)c(C#N)c1=O. The minimum Gasteiger partial charge on any atom is -0.494 e. The lowest BCUT2D eigenvalue weighted by molar-refractivity contribution is 0.103. The molecule has 2 aromatic rings. The van der Waals surface area contributed by atoms with Gasteiger partial charge in [-0.05, 0) is 49.1 Å². The molecule has 0 aliphatic carbocycles. The summed E-state index contributed by atoms with van der Waals surface area (Å²) in [6.07, 6.45) is 0.452. The molecular weight excluding hydrogens is 372 g/mol. The normalized spacial score (nSPS) is 10.8. The Morgan fingerprint density at radius 3 is 2.48 bits per heavy atom. The van der Waals surface area contributed by atoms with Gasteiger partial charge in [0.25, 0.3) is 5.56 Å². The van der Waals surface area contributed by atoms with Gasteiger partial charge < -0.3 is 14.6 Å². The molecule has 0 radical (unpaired) electrons. The molecule has 0 spiro atoms. The molecule has 29 heavy (non-hydrogen) atoms. The average molecular weight is 398 g/mol. The standard InChI is InChI=1S/C22H26N2O5/c1-14(2)13-29-17-8-6-16(7-9-17)20(25)19-15(3)18(12-23)21(26)24(22(19)27)10-5-11-28-4/h6-9,14,27H,5,10-11,13H2,1-4H3. The minimum atomic E-state index is -0.618. The highest BCUT2D eigenvalue weighted by molar-refractivity contribution is 6.11. The van der Waals surface area contributed by atoms with Gasteiger partial charge in [0, 0.05) is 25.8 Å². The highest BCUT2D eigenvalue weighted by Gasteiger charge is 2.24. The summed E-state index contributed by atoms with van der Waals surface area (Å²) in [4.78, 5) is 25.6. The fraction of sp³-hybridized carbons (Fsp3) is 0.409. The molecule has 7 heteroatoms. The molecule has 2 rings (SSSR count). The van der Waals surface area contributed by atoms with Gasteiger partial charge in [-0.2, -0.15) is 5.26 Å². The van der Waals surface area contributed by atoms with Crippen LogP contribution in [0.5, 0.6) is 11.6 Å². The van der Waals surface area contributed by atoms with Crippen molar-refractivity contribution in [2.24, 2.45) is 5.92 Å². The number of nitrogens with zero attached hydrogens (tertiary/aromatic N) is 2. The van der Waals surface area contributed by atoms with Crippen LogP contribution in [0.25, 0.3) is 0 Å². The van der Waals surface area contributed by atoms with Crippen LogP contribution in [-0.2, 0) is 11.3 Å². The van der Waals surface area contributed by atoms with E-state index >= 15 is 0 Å². The van der Waals surface area contributed by atoms with Crippen molar-refractivity contribution in [2.75, 3.05) is 20.3 Å². The van der Waals surface area contributed by atoms with Crippen LogP contribution in [0, 0.1) is 24.2 Å². The van der Waals surface area contributed by atoms with Crippen molar-refractivity contribution < 1.29 is 19.4 Å². The number of hydrogen-bond acceptors (Lipinski definition) is 6. The highest BCUT2D eigenvalue weighted by atomic mass is 16.5. The monoisotopic (exact) mass is 398 g/mol. The Hall–Kier alpha value is -3.11. The number of pyridine rings is 1. The molecule has 0 atom stereocenters. The topological polar surface area (TPSA) is 102 Å². The van der Waals surface area contributed by atoms with E-state index in [4.69, 9.17) is 9.47 Å². The van der Waals surface area contributed by atoms with Gasteiger partial charge in [0.15, 0.2) is 5.78 Å². The van der Waals surface area contributed by atoms with E-state index in [2.05, 4.69) is 0 Å². The van der Waals surface area contributed by atoms with E-state index in [1.54, 1.807) is 24.3 Å². The quantitative estimate of drug-likeness (QED) is 0.515. The third-order valence-electron chi connectivity index (χ3n) is 4.46. The van der Waals surface area contributed by atoms with Gasteiger partial charge in [-0.25, -0.2) is 0 Å². The fourth-order valence-electron chi connectivity index (χ4n) is 2.91. The first-order valence-corrected chi connectivity index (χ1v) is 9.44. The maximum Gasteiger partial charge on any atom is 0.271 e. The van der Waals surface area contributed by atoms with E-state index < -0.39 is 17.2 Å². The summed E-state index contributed by atoms with van der Waals surface area (Å²) in [5.41, 5.74) is -0.322. The summed E-state index contributed by atoms with van der Waals surface area (Å²) in [5, 5.41) is 20.1. The van der Waals surface area contributed by atoms with Crippen LogP contribution in [0.3, 0.4) is 0 Å². The third-order valence-corrected chi connectivity index (χ3v) is 4.46. The van der Waals surface area contributed by atoms with E-state index in [9.17, 15) is 20.0 Å². The van der Waals surface area contributed by atoms with Crippen molar-refractivity contribution in [1.82, 2.24) is 4.57 Å². The van der Waals surface area contributed by atoms with Crippen LogP contribution in [0.1, 0.15) is 47.3 Å². The lowest BCUT2D eigenvalue weighted by atomic mass is 9.97. The summed E-state index contributed by atoms with van der Waals surface area (Å²) in [6, 6.07) is 8.42.